The van der Waals surface area contributed by atoms with Gasteiger partial charge in [0.05, 0.1) is 0 Å². The molecule has 0 aliphatic carbocycles. The molecule has 0 aliphatic rings. The second-order valence-corrected chi connectivity index (χ2v) is 6.80. The summed E-state index contributed by atoms with van der Waals surface area (Å²) in [4.78, 5) is 35.5. The van der Waals surface area contributed by atoms with Gasteiger partial charge in [-0.25, -0.2) is 4.79 Å². The molecule has 1 heterocycles. The molecule has 1 N–H and O–H groups in total. The summed E-state index contributed by atoms with van der Waals surface area (Å²) in [5, 5.41) is 2.70. The lowest BCUT2D eigenvalue weighted by molar-refractivity contribution is -0.119. The molecule has 1 amide bonds. The maximum absolute atomic E-state index is 12.2. The minimum Gasteiger partial charge on any atom is -0.450 e. The van der Waals surface area contributed by atoms with Gasteiger partial charge in [0.15, 0.2) is 12.4 Å². The number of nitrogens with one attached hydrogen (secondary N) is 1. The number of carbonyl (C=O) groups is 3. The van der Waals surface area contributed by atoms with Crippen molar-refractivity contribution in [2.75, 3.05) is 11.9 Å². The molecular weight excluding hydrogens is 370 g/mol. The molecule has 1 aromatic heterocycles. The van der Waals surface area contributed by atoms with Crippen LogP contribution in [0.25, 0.3) is 11.3 Å². The van der Waals surface area contributed by atoms with Crippen molar-refractivity contribution >= 4 is 23.3 Å². The SMILES string of the molecule is CC(=O)c1ccc(-c2ccc(C(=O)OCC(=O)Nc3cc(C)cc(C)c3)o2)cc1. The van der Waals surface area contributed by atoms with E-state index in [2.05, 4.69) is 5.32 Å². The number of amides is 1. The fraction of sp³-hybridized carbons (Fsp3) is 0.174. The second kappa shape index (κ2) is 8.56. The first-order chi connectivity index (χ1) is 13.8. The van der Waals surface area contributed by atoms with Crippen molar-refractivity contribution in [3.05, 3.63) is 77.0 Å². The van der Waals surface area contributed by atoms with Crippen LogP contribution in [0.5, 0.6) is 0 Å². The Hall–Kier alpha value is -3.67. The molecule has 2 aromatic carbocycles. The number of ketones is 1. The fourth-order valence-electron chi connectivity index (χ4n) is 2.92. The highest BCUT2D eigenvalue weighted by molar-refractivity contribution is 5.95. The Bertz CT molecular complexity index is 1040. The van der Waals surface area contributed by atoms with E-state index in [-0.39, 0.29) is 11.5 Å². The van der Waals surface area contributed by atoms with Gasteiger partial charge in [0, 0.05) is 16.8 Å². The third kappa shape index (κ3) is 5.19. The number of benzene rings is 2. The van der Waals surface area contributed by atoms with Gasteiger partial charge in [0.2, 0.25) is 5.76 Å². The Morgan fingerprint density at radius 1 is 0.931 bits per heavy atom. The third-order valence-corrected chi connectivity index (χ3v) is 4.22. The van der Waals surface area contributed by atoms with E-state index in [1.807, 2.05) is 32.0 Å². The summed E-state index contributed by atoms with van der Waals surface area (Å²) in [6.45, 7) is 4.94. The Labute approximate surface area is 168 Å². The normalized spacial score (nSPS) is 10.4. The molecule has 29 heavy (non-hydrogen) atoms. The van der Waals surface area contributed by atoms with Gasteiger partial charge < -0.3 is 14.5 Å². The van der Waals surface area contributed by atoms with Crippen LogP contribution in [0, 0.1) is 13.8 Å². The first kappa shape index (κ1) is 20.1. The fourth-order valence-corrected chi connectivity index (χ4v) is 2.92. The van der Waals surface area contributed by atoms with E-state index in [1.165, 1.54) is 13.0 Å². The molecule has 0 saturated carbocycles. The molecule has 0 spiro atoms. The van der Waals surface area contributed by atoms with E-state index in [4.69, 9.17) is 9.15 Å². The summed E-state index contributed by atoms with van der Waals surface area (Å²) in [6, 6.07) is 15.6. The first-order valence-electron chi connectivity index (χ1n) is 9.08. The number of furan rings is 1. The van der Waals surface area contributed by atoms with Crippen LogP contribution < -0.4 is 5.32 Å². The van der Waals surface area contributed by atoms with Crippen LogP contribution in [-0.2, 0) is 9.53 Å². The molecule has 0 bridgehead atoms. The summed E-state index contributed by atoms with van der Waals surface area (Å²) >= 11 is 0. The number of ether oxygens (including phenoxy) is 1. The van der Waals surface area contributed by atoms with E-state index in [1.54, 1.807) is 30.3 Å². The molecule has 6 heteroatoms. The number of carbonyl (C=O) groups excluding carboxylic acids is 3. The van der Waals surface area contributed by atoms with E-state index >= 15 is 0 Å². The van der Waals surface area contributed by atoms with Crippen LogP contribution in [-0.4, -0.2) is 24.3 Å². The molecule has 0 atom stereocenters. The van der Waals surface area contributed by atoms with Gasteiger partial charge in [-0.1, -0.05) is 30.3 Å². The van der Waals surface area contributed by atoms with E-state index in [0.29, 0.717) is 17.0 Å². The Kier molecular flexibility index (Phi) is 5.93. The average molecular weight is 391 g/mol. The van der Waals surface area contributed by atoms with Gasteiger partial charge in [-0.3, -0.25) is 9.59 Å². The molecule has 3 aromatic rings. The number of rotatable bonds is 6. The van der Waals surface area contributed by atoms with Crippen LogP contribution in [0.2, 0.25) is 0 Å². The number of Topliss-reactive ketones (excluding diaryl/α,β-unsaturated/α-hetero) is 1. The molecule has 0 fully saturated rings. The number of hydrogen-bond acceptors (Lipinski definition) is 5. The molecule has 0 unspecified atom stereocenters. The van der Waals surface area contributed by atoms with Crippen molar-refractivity contribution in [3.8, 4) is 11.3 Å². The summed E-state index contributed by atoms with van der Waals surface area (Å²) in [6.07, 6.45) is 0. The average Bonchev–Trinajstić information content (AvgIpc) is 3.15. The Morgan fingerprint density at radius 3 is 2.21 bits per heavy atom. The predicted molar refractivity (Wildman–Crippen MR) is 109 cm³/mol. The van der Waals surface area contributed by atoms with Crippen LogP contribution in [0.3, 0.4) is 0 Å². The summed E-state index contributed by atoms with van der Waals surface area (Å²) in [5.74, 6) is -0.733. The van der Waals surface area contributed by atoms with E-state index < -0.39 is 18.5 Å². The minimum absolute atomic E-state index is 0.00477. The number of esters is 1. The number of aryl methyl sites for hydroxylation is 2. The van der Waals surface area contributed by atoms with Gasteiger partial charge in [-0.15, -0.1) is 0 Å². The van der Waals surface area contributed by atoms with Crippen molar-refractivity contribution < 1.29 is 23.5 Å². The zero-order valence-corrected chi connectivity index (χ0v) is 16.4. The monoisotopic (exact) mass is 391 g/mol. The van der Waals surface area contributed by atoms with Crippen molar-refractivity contribution in [1.82, 2.24) is 0 Å². The van der Waals surface area contributed by atoms with Gasteiger partial charge in [0.1, 0.15) is 5.76 Å². The predicted octanol–water partition coefficient (Wildman–Crippen LogP) is 4.56. The van der Waals surface area contributed by atoms with Gasteiger partial charge >= 0.3 is 5.97 Å². The van der Waals surface area contributed by atoms with Crippen molar-refractivity contribution in [3.63, 3.8) is 0 Å². The van der Waals surface area contributed by atoms with Crippen molar-refractivity contribution in [2.24, 2.45) is 0 Å². The van der Waals surface area contributed by atoms with Crippen molar-refractivity contribution in [2.45, 2.75) is 20.8 Å². The summed E-state index contributed by atoms with van der Waals surface area (Å²) < 4.78 is 10.6. The van der Waals surface area contributed by atoms with Crippen LogP contribution in [0.15, 0.2) is 59.0 Å². The third-order valence-electron chi connectivity index (χ3n) is 4.22. The molecule has 3 rings (SSSR count). The zero-order chi connectivity index (χ0) is 21.0. The van der Waals surface area contributed by atoms with Crippen LogP contribution in [0.4, 0.5) is 5.69 Å². The lowest BCUT2D eigenvalue weighted by atomic mass is 10.1. The van der Waals surface area contributed by atoms with E-state index in [9.17, 15) is 14.4 Å². The number of hydrogen-bond donors (Lipinski definition) is 1. The van der Waals surface area contributed by atoms with Crippen molar-refractivity contribution in [1.29, 1.82) is 0 Å². The maximum Gasteiger partial charge on any atom is 0.374 e. The standard InChI is InChI=1S/C23H21NO5/c1-14-10-15(2)12-19(11-14)24-22(26)13-28-23(27)21-9-8-20(29-21)18-6-4-17(5-7-18)16(3)25/h4-12H,13H2,1-3H3,(H,24,26). The highest BCUT2D eigenvalue weighted by Gasteiger charge is 2.16. The summed E-state index contributed by atoms with van der Waals surface area (Å²) in [5.41, 5.74) is 4.02. The highest BCUT2D eigenvalue weighted by Crippen LogP contribution is 2.23. The van der Waals surface area contributed by atoms with Gasteiger partial charge in [-0.2, -0.15) is 0 Å². The molecule has 0 saturated heterocycles. The highest BCUT2D eigenvalue weighted by atomic mass is 16.5. The molecule has 6 nitrogen and oxygen atoms in total. The maximum atomic E-state index is 12.2. The molecule has 148 valence electrons. The van der Waals surface area contributed by atoms with E-state index in [0.717, 1.165) is 16.7 Å². The topological polar surface area (TPSA) is 85.6 Å². The van der Waals surface area contributed by atoms with Gasteiger partial charge in [0.25, 0.3) is 5.91 Å². The lowest BCUT2D eigenvalue weighted by Crippen LogP contribution is -2.20. The lowest BCUT2D eigenvalue weighted by Gasteiger charge is -2.08. The summed E-state index contributed by atoms with van der Waals surface area (Å²) in [7, 11) is 0. The first-order valence-corrected chi connectivity index (χ1v) is 9.08. The zero-order valence-electron chi connectivity index (χ0n) is 16.4. The Morgan fingerprint density at radius 2 is 1.59 bits per heavy atom. The molecule has 0 aliphatic heterocycles. The second-order valence-electron chi connectivity index (χ2n) is 6.80. The van der Waals surface area contributed by atoms with Gasteiger partial charge in [-0.05, 0) is 56.2 Å². The molecular formula is C23H21NO5. The largest absolute Gasteiger partial charge is 0.450 e. The smallest absolute Gasteiger partial charge is 0.374 e. The van der Waals surface area contributed by atoms with Crippen LogP contribution >= 0.6 is 0 Å². The number of anilines is 1. The Balaban J connectivity index is 1.58. The van der Waals surface area contributed by atoms with Crippen LogP contribution in [0.1, 0.15) is 39.0 Å². The minimum atomic E-state index is -0.729. The quantitative estimate of drug-likeness (QED) is 0.492. The molecule has 0 radical (unpaired) electrons.